The number of rotatable bonds is 6. The lowest BCUT2D eigenvalue weighted by molar-refractivity contribution is 1.08. The summed E-state index contributed by atoms with van der Waals surface area (Å²) in [5.41, 5.74) is 17.5. The van der Waals surface area contributed by atoms with Crippen molar-refractivity contribution < 1.29 is 0 Å². The second kappa shape index (κ2) is 14.7. The number of nitrogens with zero attached hydrogens (tertiary/aromatic N) is 5. The molecule has 14 rings (SSSR count). The van der Waals surface area contributed by atoms with Crippen LogP contribution in [0.5, 0.6) is 0 Å². The third-order valence-electron chi connectivity index (χ3n) is 13.6. The fourth-order valence-electron chi connectivity index (χ4n) is 10.6. The Morgan fingerprint density at radius 2 is 0.701 bits per heavy atom. The highest BCUT2D eigenvalue weighted by molar-refractivity contribution is 6.29. The molecule has 0 aliphatic carbocycles. The third kappa shape index (κ3) is 5.75. The minimum atomic E-state index is 0.811. The van der Waals surface area contributed by atoms with Crippen molar-refractivity contribution in [1.82, 2.24) is 23.7 Å². The minimum Gasteiger partial charge on any atom is -0.309 e. The number of aromatic nitrogens is 5. The Morgan fingerprint density at radius 3 is 1.34 bits per heavy atom. The maximum atomic E-state index is 5.35. The lowest BCUT2D eigenvalue weighted by Gasteiger charge is -2.14. The van der Waals surface area contributed by atoms with Gasteiger partial charge in [-0.3, -0.25) is 4.57 Å². The summed E-state index contributed by atoms with van der Waals surface area (Å²) in [5, 5.41) is 7.26. The van der Waals surface area contributed by atoms with Gasteiger partial charge in [0.1, 0.15) is 5.69 Å². The highest BCUT2D eigenvalue weighted by atomic mass is 15.1. The van der Waals surface area contributed by atoms with Gasteiger partial charge in [-0.15, -0.1) is 0 Å². The lowest BCUT2D eigenvalue weighted by atomic mass is 10.00. The van der Waals surface area contributed by atoms with Gasteiger partial charge in [-0.1, -0.05) is 164 Å². The van der Waals surface area contributed by atoms with Crippen molar-refractivity contribution >= 4 is 76.5 Å². The second-order valence-electron chi connectivity index (χ2n) is 17.4. The van der Waals surface area contributed by atoms with E-state index in [0.717, 1.165) is 66.8 Å². The summed E-state index contributed by atoms with van der Waals surface area (Å²) in [5.74, 6) is 0.811. The third-order valence-corrected chi connectivity index (χ3v) is 13.6. The van der Waals surface area contributed by atoms with Gasteiger partial charge in [-0.25, -0.2) is 9.97 Å². The first-order valence-electron chi connectivity index (χ1n) is 22.8. The van der Waals surface area contributed by atoms with Crippen LogP contribution in [0.3, 0.4) is 0 Å². The molecule has 0 aliphatic rings. The van der Waals surface area contributed by atoms with E-state index in [1.165, 1.54) is 60.3 Å². The molecule has 0 radical (unpaired) electrons. The average Bonchev–Trinajstić information content (AvgIpc) is 4.04. The van der Waals surface area contributed by atoms with Crippen molar-refractivity contribution in [3.8, 4) is 50.7 Å². The summed E-state index contributed by atoms with van der Waals surface area (Å²) < 4.78 is 7.19. The Hall–Kier alpha value is -9.06. The van der Waals surface area contributed by atoms with E-state index < -0.39 is 0 Å². The second-order valence-corrected chi connectivity index (χ2v) is 17.4. The van der Waals surface area contributed by atoms with Crippen molar-refractivity contribution in [1.29, 1.82) is 0 Å². The SMILES string of the molecule is c1ccc(-c2ccc(-c3cccc(-n4c5ccccc5c5c6c7ccccc7n(-c7ccc8c(c7)c7ccccc7n8-c7nc8ccccc8nc7-c7ccccc7)c6ccc54)c3)cc2)cc1. The van der Waals surface area contributed by atoms with E-state index in [2.05, 4.69) is 220 Å². The van der Waals surface area contributed by atoms with Gasteiger partial charge in [0.05, 0.1) is 44.1 Å². The van der Waals surface area contributed by atoms with Gasteiger partial charge in [0.25, 0.3) is 0 Å². The van der Waals surface area contributed by atoms with Gasteiger partial charge in [0.15, 0.2) is 5.82 Å². The zero-order valence-corrected chi connectivity index (χ0v) is 36.3. The smallest absolute Gasteiger partial charge is 0.165 e. The first kappa shape index (κ1) is 37.3. The van der Waals surface area contributed by atoms with E-state index in [1.54, 1.807) is 0 Å². The monoisotopic (exact) mass is 853 g/mol. The first-order valence-corrected chi connectivity index (χ1v) is 22.8. The van der Waals surface area contributed by atoms with Gasteiger partial charge in [-0.05, 0) is 95.1 Å². The van der Waals surface area contributed by atoms with Gasteiger partial charge in [0.2, 0.25) is 0 Å². The molecule has 0 atom stereocenters. The Kier molecular flexibility index (Phi) is 8.21. The van der Waals surface area contributed by atoms with Crippen molar-refractivity contribution in [3.05, 3.63) is 237 Å². The van der Waals surface area contributed by atoms with Gasteiger partial charge in [0, 0.05) is 49.3 Å². The zero-order chi connectivity index (χ0) is 44.0. The summed E-state index contributed by atoms with van der Waals surface area (Å²) in [6, 6.07) is 85.0. The first-order chi connectivity index (χ1) is 33.2. The summed E-state index contributed by atoms with van der Waals surface area (Å²) in [6.07, 6.45) is 0. The number of fused-ring (bicyclic) bond motifs is 11. The molecule has 0 N–H and O–H groups in total. The van der Waals surface area contributed by atoms with Crippen LogP contribution in [0.4, 0.5) is 0 Å². The van der Waals surface area contributed by atoms with E-state index in [9.17, 15) is 0 Å². The Morgan fingerprint density at radius 1 is 0.254 bits per heavy atom. The predicted octanol–water partition coefficient (Wildman–Crippen LogP) is 15.9. The summed E-state index contributed by atoms with van der Waals surface area (Å²) >= 11 is 0. The Balaban J connectivity index is 0.965. The van der Waals surface area contributed by atoms with Crippen molar-refractivity contribution in [2.24, 2.45) is 0 Å². The zero-order valence-electron chi connectivity index (χ0n) is 36.3. The van der Waals surface area contributed by atoms with Gasteiger partial charge < -0.3 is 9.13 Å². The molecule has 0 unspecified atom stereocenters. The molecule has 4 aromatic heterocycles. The number of para-hydroxylation sites is 5. The van der Waals surface area contributed by atoms with Crippen molar-refractivity contribution in [3.63, 3.8) is 0 Å². The van der Waals surface area contributed by atoms with Crippen LogP contribution in [0, 0.1) is 0 Å². The van der Waals surface area contributed by atoms with E-state index in [4.69, 9.17) is 9.97 Å². The quantitative estimate of drug-likeness (QED) is 0.167. The maximum Gasteiger partial charge on any atom is 0.165 e. The molecule has 4 heterocycles. The molecule has 0 bridgehead atoms. The van der Waals surface area contributed by atoms with Crippen LogP contribution in [0.2, 0.25) is 0 Å². The molecule has 0 amide bonds. The molecule has 0 aliphatic heterocycles. The summed E-state index contributed by atoms with van der Waals surface area (Å²) in [4.78, 5) is 10.6. The Labute approximate surface area is 385 Å². The van der Waals surface area contributed by atoms with Crippen LogP contribution < -0.4 is 0 Å². The van der Waals surface area contributed by atoms with Crippen LogP contribution in [0.1, 0.15) is 0 Å². The number of hydrogen-bond donors (Lipinski definition) is 0. The van der Waals surface area contributed by atoms with Crippen LogP contribution in [0.15, 0.2) is 237 Å². The molecule has 5 heteroatoms. The highest BCUT2D eigenvalue weighted by Gasteiger charge is 2.23. The molecular formula is C62H39N5. The molecule has 312 valence electrons. The minimum absolute atomic E-state index is 0.811. The predicted molar refractivity (Wildman–Crippen MR) is 279 cm³/mol. The molecule has 67 heavy (non-hydrogen) atoms. The molecule has 0 fully saturated rings. The fourth-order valence-corrected chi connectivity index (χ4v) is 10.6. The van der Waals surface area contributed by atoms with E-state index in [0.29, 0.717) is 0 Å². The maximum absolute atomic E-state index is 5.35. The summed E-state index contributed by atoms with van der Waals surface area (Å²) in [7, 11) is 0. The van der Waals surface area contributed by atoms with E-state index >= 15 is 0 Å². The molecular weight excluding hydrogens is 815 g/mol. The highest BCUT2D eigenvalue weighted by Crippen LogP contribution is 2.44. The Bertz CT molecular complexity index is 4250. The molecule has 0 saturated carbocycles. The van der Waals surface area contributed by atoms with Crippen molar-refractivity contribution in [2.75, 3.05) is 0 Å². The normalized spacial score (nSPS) is 11.9. The van der Waals surface area contributed by atoms with Gasteiger partial charge >= 0.3 is 0 Å². The molecule has 0 saturated heterocycles. The fraction of sp³-hybridized carbons (Fsp3) is 0. The molecule has 10 aromatic carbocycles. The van der Waals surface area contributed by atoms with Crippen LogP contribution in [-0.4, -0.2) is 23.7 Å². The van der Waals surface area contributed by atoms with Crippen LogP contribution >= 0.6 is 0 Å². The lowest BCUT2D eigenvalue weighted by Crippen LogP contribution is -2.03. The van der Waals surface area contributed by atoms with E-state index in [-0.39, 0.29) is 0 Å². The van der Waals surface area contributed by atoms with Crippen LogP contribution in [-0.2, 0) is 0 Å². The molecule has 0 spiro atoms. The summed E-state index contributed by atoms with van der Waals surface area (Å²) in [6.45, 7) is 0. The average molecular weight is 854 g/mol. The number of hydrogen-bond acceptors (Lipinski definition) is 2. The van der Waals surface area contributed by atoms with Crippen LogP contribution in [0.25, 0.3) is 127 Å². The molecule has 5 nitrogen and oxygen atoms in total. The van der Waals surface area contributed by atoms with E-state index in [1.807, 2.05) is 30.3 Å². The largest absolute Gasteiger partial charge is 0.309 e. The standard InChI is InChI=1S/C62H39N5/c1-3-16-40(17-4-1)41-30-32-42(33-31-41)44-20-15-21-45(38-44)65-54-28-13-8-23-48(54)59-57(65)36-37-58-60(59)49-24-9-14-29-55(49)66(58)46-34-35-56-50(39-46)47-22-7-12-27-53(47)67(56)62-61(43-18-5-2-6-19-43)63-51-25-10-11-26-52(51)64-62/h1-39H. The number of benzene rings is 10. The van der Waals surface area contributed by atoms with Crippen molar-refractivity contribution in [2.45, 2.75) is 0 Å². The molecule has 14 aromatic rings. The van der Waals surface area contributed by atoms with Gasteiger partial charge in [-0.2, -0.15) is 0 Å². The topological polar surface area (TPSA) is 40.6 Å².